The summed E-state index contributed by atoms with van der Waals surface area (Å²) >= 11 is 5.95. The molecular weight excluding hydrogens is 398 g/mol. The fourth-order valence-corrected chi connectivity index (χ4v) is 3.99. The first-order chi connectivity index (χ1) is 13.5. The fourth-order valence-electron chi connectivity index (χ4n) is 2.65. The highest BCUT2D eigenvalue weighted by atomic mass is 35.5. The standard InChI is InChI=1S/C21H20ClNO4S/c1-26-18-7-3-4-15(11-18)12-23-21(24)20-9-8-19(27-20)14-28(25)13-16-5-2-6-17(22)10-16/h2-11H,12-14H2,1H3,(H,23,24)/t28-/m0/s1. The van der Waals surface area contributed by atoms with Crippen molar-refractivity contribution in [1.82, 2.24) is 5.32 Å². The molecule has 146 valence electrons. The van der Waals surface area contributed by atoms with Gasteiger partial charge >= 0.3 is 0 Å². The Morgan fingerprint density at radius 3 is 2.64 bits per heavy atom. The van der Waals surface area contributed by atoms with Gasteiger partial charge in [0.25, 0.3) is 5.91 Å². The van der Waals surface area contributed by atoms with Crippen molar-refractivity contribution in [1.29, 1.82) is 0 Å². The molecule has 7 heteroatoms. The number of benzene rings is 2. The van der Waals surface area contributed by atoms with Crippen molar-refractivity contribution in [3.63, 3.8) is 0 Å². The van der Waals surface area contributed by atoms with Crippen molar-refractivity contribution in [3.05, 3.63) is 88.3 Å². The molecule has 0 radical (unpaired) electrons. The smallest absolute Gasteiger partial charge is 0.287 e. The summed E-state index contributed by atoms with van der Waals surface area (Å²) in [5, 5.41) is 3.41. The quantitative estimate of drug-likeness (QED) is 0.592. The number of furan rings is 1. The maximum absolute atomic E-state index is 12.3. The molecule has 0 bridgehead atoms. The molecule has 0 aliphatic carbocycles. The van der Waals surface area contributed by atoms with E-state index in [1.165, 1.54) is 0 Å². The molecule has 2 aromatic carbocycles. The Morgan fingerprint density at radius 1 is 1.07 bits per heavy atom. The van der Waals surface area contributed by atoms with Gasteiger partial charge in [-0.3, -0.25) is 9.00 Å². The van der Waals surface area contributed by atoms with Crippen LogP contribution in [0.1, 0.15) is 27.4 Å². The summed E-state index contributed by atoms with van der Waals surface area (Å²) in [6.07, 6.45) is 0. The minimum atomic E-state index is -1.17. The molecule has 0 saturated carbocycles. The Morgan fingerprint density at radius 2 is 1.86 bits per heavy atom. The van der Waals surface area contributed by atoms with Crippen LogP contribution in [0, 0.1) is 0 Å². The molecule has 0 fully saturated rings. The lowest BCUT2D eigenvalue weighted by atomic mass is 10.2. The molecule has 0 saturated heterocycles. The Balaban J connectivity index is 1.54. The lowest BCUT2D eigenvalue weighted by molar-refractivity contribution is 0.0921. The van der Waals surface area contributed by atoms with Crippen molar-refractivity contribution in [2.24, 2.45) is 0 Å². The number of carbonyl (C=O) groups excluding carboxylic acids is 1. The number of hydrogen-bond acceptors (Lipinski definition) is 4. The van der Waals surface area contributed by atoms with Crippen molar-refractivity contribution in [3.8, 4) is 5.75 Å². The highest BCUT2D eigenvalue weighted by Crippen LogP contribution is 2.16. The summed E-state index contributed by atoms with van der Waals surface area (Å²) in [6, 6.07) is 18.0. The fraction of sp³-hybridized carbons (Fsp3) is 0.190. The molecule has 0 aliphatic heterocycles. The van der Waals surface area contributed by atoms with Gasteiger partial charge in [0.2, 0.25) is 0 Å². The third kappa shape index (κ3) is 5.71. The molecule has 0 spiro atoms. The van der Waals surface area contributed by atoms with E-state index in [-0.39, 0.29) is 17.4 Å². The number of carbonyl (C=O) groups is 1. The Bertz CT molecular complexity index is 986. The first-order valence-electron chi connectivity index (χ1n) is 8.63. The summed E-state index contributed by atoms with van der Waals surface area (Å²) in [6.45, 7) is 0.354. The summed E-state index contributed by atoms with van der Waals surface area (Å²) in [5.41, 5.74) is 1.82. The second kappa shape index (κ2) is 9.57. The Kier molecular flexibility index (Phi) is 6.90. The number of methoxy groups -OCH3 is 1. The van der Waals surface area contributed by atoms with E-state index in [1.807, 2.05) is 36.4 Å². The zero-order valence-corrected chi connectivity index (χ0v) is 16.9. The van der Waals surface area contributed by atoms with Gasteiger partial charge in [0.15, 0.2) is 5.76 Å². The Labute approximate surface area is 171 Å². The summed E-state index contributed by atoms with van der Waals surface area (Å²) < 4.78 is 23.1. The van der Waals surface area contributed by atoms with Gasteiger partial charge in [-0.2, -0.15) is 0 Å². The van der Waals surface area contributed by atoms with Gasteiger partial charge in [0.1, 0.15) is 11.5 Å². The van der Waals surface area contributed by atoms with Crippen molar-refractivity contribution < 1.29 is 18.2 Å². The predicted molar refractivity (Wildman–Crippen MR) is 110 cm³/mol. The molecule has 3 aromatic rings. The minimum Gasteiger partial charge on any atom is -0.497 e. The van der Waals surface area contributed by atoms with E-state index < -0.39 is 10.8 Å². The van der Waals surface area contributed by atoms with Crippen molar-refractivity contribution >= 4 is 28.3 Å². The van der Waals surface area contributed by atoms with E-state index in [0.29, 0.717) is 23.1 Å². The van der Waals surface area contributed by atoms with Crippen LogP contribution in [0.3, 0.4) is 0 Å². The zero-order valence-electron chi connectivity index (χ0n) is 15.3. The van der Waals surface area contributed by atoms with E-state index in [0.717, 1.165) is 16.9 Å². The lowest BCUT2D eigenvalue weighted by Gasteiger charge is -2.05. The van der Waals surface area contributed by atoms with Crippen LogP contribution in [0.5, 0.6) is 5.75 Å². The highest BCUT2D eigenvalue weighted by molar-refractivity contribution is 7.83. The molecule has 0 aliphatic rings. The highest BCUT2D eigenvalue weighted by Gasteiger charge is 2.13. The minimum absolute atomic E-state index is 0.192. The number of rotatable bonds is 8. The maximum Gasteiger partial charge on any atom is 0.287 e. The first kappa shape index (κ1) is 20.2. The van der Waals surface area contributed by atoms with Gasteiger partial charge < -0.3 is 14.5 Å². The van der Waals surface area contributed by atoms with E-state index in [9.17, 15) is 9.00 Å². The van der Waals surface area contributed by atoms with Crippen LogP contribution in [-0.4, -0.2) is 17.2 Å². The molecule has 1 heterocycles. The molecule has 28 heavy (non-hydrogen) atoms. The van der Waals surface area contributed by atoms with E-state index in [1.54, 1.807) is 31.4 Å². The molecule has 1 amide bonds. The number of hydrogen-bond donors (Lipinski definition) is 1. The second-order valence-electron chi connectivity index (χ2n) is 6.16. The number of nitrogens with one attached hydrogen (secondary N) is 1. The van der Waals surface area contributed by atoms with Crippen molar-refractivity contribution in [2.45, 2.75) is 18.1 Å². The van der Waals surface area contributed by atoms with E-state index in [4.69, 9.17) is 20.8 Å². The van der Waals surface area contributed by atoms with Crippen molar-refractivity contribution in [2.75, 3.05) is 7.11 Å². The molecule has 3 rings (SSSR count). The summed E-state index contributed by atoms with van der Waals surface area (Å²) in [7, 11) is 0.430. The van der Waals surface area contributed by atoms with E-state index >= 15 is 0 Å². The molecule has 1 N–H and O–H groups in total. The van der Waals surface area contributed by atoms with Gasteiger partial charge in [-0.25, -0.2) is 0 Å². The third-order valence-electron chi connectivity index (χ3n) is 3.99. The van der Waals surface area contributed by atoms with Crippen LogP contribution < -0.4 is 10.1 Å². The normalized spacial score (nSPS) is 11.8. The van der Waals surface area contributed by atoms with Gasteiger partial charge in [0, 0.05) is 28.1 Å². The molecule has 5 nitrogen and oxygen atoms in total. The van der Waals surface area contributed by atoms with Gasteiger partial charge in [-0.1, -0.05) is 35.9 Å². The number of ether oxygens (including phenoxy) is 1. The predicted octanol–water partition coefficient (Wildman–Crippen LogP) is 4.32. The first-order valence-corrected chi connectivity index (χ1v) is 10.5. The van der Waals surface area contributed by atoms with Gasteiger partial charge in [0.05, 0.1) is 12.9 Å². The monoisotopic (exact) mass is 417 g/mol. The van der Waals surface area contributed by atoms with Crippen LogP contribution in [-0.2, 0) is 28.9 Å². The number of halogens is 1. The van der Waals surface area contributed by atoms with Crippen LogP contribution in [0.25, 0.3) is 0 Å². The van der Waals surface area contributed by atoms with Crippen LogP contribution in [0.4, 0.5) is 0 Å². The topological polar surface area (TPSA) is 68.5 Å². The maximum atomic E-state index is 12.3. The Hall–Kier alpha value is -2.57. The molecule has 1 atom stereocenters. The second-order valence-corrected chi connectivity index (χ2v) is 8.05. The lowest BCUT2D eigenvalue weighted by Crippen LogP contribution is -2.22. The largest absolute Gasteiger partial charge is 0.497 e. The van der Waals surface area contributed by atoms with E-state index in [2.05, 4.69) is 5.32 Å². The molecular formula is C21H20ClNO4S. The number of amides is 1. The van der Waals surface area contributed by atoms with Crippen LogP contribution in [0.2, 0.25) is 5.02 Å². The van der Waals surface area contributed by atoms with Gasteiger partial charge in [-0.15, -0.1) is 0 Å². The van der Waals surface area contributed by atoms with Gasteiger partial charge in [-0.05, 0) is 47.5 Å². The zero-order chi connectivity index (χ0) is 19.9. The molecule has 1 aromatic heterocycles. The molecule has 0 unspecified atom stereocenters. The average molecular weight is 418 g/mol. The summed E-state index contributed by atoms with van der Waals surface area (Å²) in [5.74, 6) is 1.71. The van der Waals surface area contributed by atoms with Crippen LogP contribution >= 0.6 is 11.6 Å². The average Bonchev–Trinajstić information content (AvgIpc) is 3.14. The van der Waals surface area contributed by atoms with Crippen LogP contribution in [0.15, 0.2) is 65.1 Å². The third-order valence-corrected chi connectivity index (χ3v) is 5.49. The SMILES string of the molecule is COc1cccc(CNC(=O)c2ccc(C[S@@](=O)Cc3cccc(Cl)c3)o2)c1. The summed E-state index contributed by atoms with van der Waals surface area (Å²) in [4.78, 5) is 12.3.